The van der Waals surface area contributed by atoms with Crippen molar-refractivity contribution >= 4 is 17.8 Å². The smallest absolute Gasteiger partial charge is 0.327 e. The normalized spacial score (nSPS) is 13.4. The maximum absolute atomic E-state index is 11.7. The van der Waals surface area contributed by atoms with Gasteiger partial charge in [0.05, 0.1) is 5.92 Å². The van der Waals surface area contributed by atoms with Gasteiger partial charge in [0, 0.05) is 5.56 Å². The van der Waals surface area contributed by atoms with Gasteiger partial charge in [0.25, 0.3) is 5.91 Å². The second-order valence-electron chi connectivity index (χ2n) is 3.78. The van der Waals surface area contributed by atoms with E-state index in [2.05, 4.69) is 5.32 Å². The Morgan fingerprint density at radius 1 is 1.06 bits per heavy atom. The van der Waals surface area contributed by atoms with Crippen molar-refractivity contribution < 1.29 is 24.6 Å². The minimum Gasteiger partial charge on any atom is -0.481 e. The first kappa shape index (κ1) is 13.7. The summed E-state index contributed by atoms with van der Waals surface area (Å²) >= 11 is 0. The summed E-state index contributed by atoms with van der Waals surface area (Å²) in [5.74, 6) is -4.49. The molecule has 6 heteroatoms. The van der Waals surface area contributed by atoms with Gasteiger partial charge in [-0.3, -0.25) is 9.59 Å². The molecule has 0 saturated carbocycles. The number of rotatable bonds is 5. The lowest BCUT2D eigenvalue weighted by molar-refractivity contribution is -0.149. The highest BCUT2D eigenvalue weighted by Gasteiger charge is 2.31. The number of hydrogen-bond acceptors (Lipinski definition) is 3. The van der Waals surface area contributed by atoms with Crippen LogP contribution in [0.2, 0.25) is 0 Å². The molecule has 1 aromatic carbocycles. The first-order valence-electron chi connectivity index (χ1n) is 5.25. The van der Waals surface area contributed by atoms with E-state index in [1.54, 1.807) is 18.2 Å². The molecular weight excluding hydrogens is 238 g/mol. The molecule has 1 unspecified atom stereocenters. The van der Waals surface area contributed by atoms with E-state index < -0.39 is 29.8 Å². The molecule has 0 fully saturated rings. The van der Waals surface area contributed by atoms with Gasteiger partial charge in [-0.15, -0.1) is 0 Å². The summed E-state index contributed by atoms with van der Waals surface area (Å²) in [5.41, 5.74) is 0.279. The van der Waals surface area contributed by atoms with Crippen LogP contribution in [0.1, 0.15) is 17.3 Å². The maximum atomic E-state index is 11.7. The minimum atomic E-state index is -1.46. The van der Waals surface area contributed by atoms with Gasteiger partial charge >= 0.3 is 11.9 Å². The van der Waals surface area contributed by atoms with Gasteiger partial charge in [-0.25, -0.2) is 4.79 Å². The molecule has 0 bridgehead atoms. The van der Waals surface area contributed by atoms with Crippen LogP contribution in [-0.2, 0) is 9.59 Å². The third kappa shape index (κ3) is 3.31. The Morgan fingerprint density at radius 2 is 1.61 bits per heavy atom. The lowest BCUT2D eigenvalue weighted by atomic mass is 10.0. The fourth-order valence-corrected chi connectivity index (χ4v) is 1.36. The van der Waals surface area contributed by atoms with Crippen LogP contribution in [0.25, 0.3) is 0 Å². The van der Waals surface area contributed by atoms with Crippen molar-refractivity contribution in [1.29, 1.82) is 0 Å². The van der Waals surface area contributed by atoms with Gasteiger partial charge in [-0.1, -0.05) is 18.2 Å². The molecule has 96 valence electrons. The van der Waals surface area contributed by atoms with E-state index >= 15 is 0 Å². The van der Waals surface area contributed by atoms with E-state index in [0.29, 0.717) is 0 Å². The highest BCUT2D eigenvalue weighted by Crippen LogP contribution is 2.06. The summed E-state index contributed by atoms with van der Waals surface area (Å²) in [5, 5.41) is 19.9. The van der Waals surface area contributed by atoms with Crippen LogP contribution in [0.5, 0.6) is 0 Å². The lowest BCUT2D eigenvalue weighted by Gasteiger charge is -2.18. The van der Waals surface area contributed by atoms with E-state index in [0.717, 1.165) is 0 Å². The van der Waals surface area contributed by atoms with Crippen LogP contribution >= 0.6 is 0 Å². The maximum Gasteiger partial charge on any atom is 0.327 e. The number of nitrogens with one attached hydrogen (secondary N) is 1. The van der Waals surface area contributed by atoms with Crippen LogP contribution in [0.4, 0.5) is 0 Å². The summed E-state index contributed by atoms with van der Waals surface area (Å²) in [6.45, 7) is 1.23. The highest BCUT2D eigenvalue weighted by molar-refractivity contribution is 5.97. The van der Waals surface area contributed by atoms with Gasteiger partial charge < -0.3 is 15.5 Å². The van der Waals surface area contributed by atoms with Crippen LogP contribution in [0.15, 0.2) is 30.3 Å². The molecule has 1 amide bonds. The Kier molecular flexibility index (Phi) is 4.42. The van der Waals surface area contributed by atoms with Crippen molar-refractivity contribution in [2.24, 2.45) is 5.92 Å². The zero-order valence-corrected chi connectivity index (χ0v) is 9.66. The molecule has 0 spiro atoms. The fraction of sp³-hybridized carbons (Fsp3) is 0.250. The first-order chi connectivity index (χ1) is 8.43. The van der Waals surface area contributed by atoms with Crippen LogP contribution < -0.4 is 5.32 Å². The number of aliphatic carboxylic acids is 2. The predicted molar refractivity (Wildman–Crippen MR) is 62.1 cm³/mol. The molecule has 0 saturated heterocycles. The molecule has 0 aromatic heterocycles. The zero-order valence-electron chi connectivity index (χ0n) is 9.66. The average Bonchev–Trinajstić information content (AvgIpc) is 2.35. The fourth-order valence-electron chi connectivity index (χ4n) is 1.36. The van der Waals surface area contributed by atoms with Crippen LogP contribution in [0, 0.1) is 5.92 Å². The van der Waals surface area contributed by atoms with E-state index in [9.17, 15) is 14.4 Å². The number of amides is 1. The van der Waals surface area contributed by atoms with E-state index in [-0.39, 0.29) is 5.56 Å². The Morgan fingerprint density at radius 3 is 2.06 bits per heavy atom. The summed E-state index contributed by atoms with van der Waals surface area (Å²) in [7, 11) is 0. The van der Waals surface area contributed by atoms with E-state index in [4.69, 9.17) is 10.2 Å². The number of carboxylic acid groups (broad SMARTS) is 2. The SMILES string of the molecule is CC(C(=O)O)[C@H](NC(=O)c1ccccc1)C(=O)O. The van der Waals surface area contributed by atoms with E-state index in [1.165, 1.54) is 19.1 Å². The third-order valence-electron chi connectivity index (χ3n) is 2.48. The summed E-state index contributed by atoms with van der Waals surface area (Å²) in [6, 6.07) is 6.54. The van der Waals surface area contributed by atoms with Gasteiger partial charge in [0.2, 0.25) is 0 Å². The Balaban J connectivity index is 2.83. The Hall–Kier alpha value is -2.37. The van der Waals surface area contributed by atoms with E-state index in [1.807, 2.05) is 0 Å². The van der Waals surface area contributed by atoms with Gasteiger partial charge in [0.15, 0.2) is 0 Å². The summed E-state index contributed by atoms with van der Waals surface area (Å²) in [6.07, 6.45) is 0. The van der Waals surface area contributed by atoms with Crippen molar-refractivity contribution in [2.45, 2.75) is 13.0 Å². The lowest BCUT2D eigenvalue weighted by Crippen LogP contribution is -2.47. The number of carbonyl (C=O) groups is 3. The number of hydrogen-bond donors (Lipinski definition) is 3. The molecule has 3 N–H and O–H groups in total. The highest BCUT2D eigenvalue weighted by atomic mass is 16.4. The molecule has 2 atom stereocenters. The molecular formula is C12H13NO5. The van der Waals surface area contributed by atoms with Crippen molar-refractivity contribution in [2.75, 3.05) is 0 Å². The monoisotopic (exact) mass is 251 g/mol. The molecule has 1 rings (SSSR count). The van der Waals surface area contributed by atoms with Gasteiger partial charge in [0.1, 0.15) is 6.04 Å². The summed E-state index contributed by atoms with van der Waals surface area (Å²) < 4.78 is 0. The van der Waals surface area contributed by atoms with Crippen molar-refractivity contribution in [3.8, 4) is 0 Å². The first-order valence-corrected chi connectivity index (χ1v) is 5.25. The Bertz CT molecular complexity index is 457. The van der Waals surface area contributed by atoms with Gasteiger partial charge in [-0.2, -0.15) is 0 Å². The quantitative estimate of drug-likeness (QED) is 0.710. The van der Waals surface area contributed by atoms with Gasteiger partial charge in [-0.05, 0) is 19.1 Å². The molecule has 6 nitrogen and oxygen atoms in total. The van der Waals surface area contributed by atoms with Crippen molar-refractivity contribution in [3.05, 3.63) is 35.9 Å². The second kappa shape index (κ2) is 5.81. The number of benzene rings is 1. The zero-order chi connectivity index (χ0) is 13.7. The molecule has 0 aliphatic heterocycles. The van der Waals surface area contributed by atoms with Crippen molar-refractivity contribution in [3.63, 3.8) is 0 Å². The molecule has 18 heavy (non-hydrogen) atoms. The average molecular weight is 251 g/mol. The predicted octanol–water partition coefficient (Wildman–Crippen LogP) is 0.590. The standard InChI is InChI=1S/C12H13NO5/c1-7(11(15)16)9(12(17)18)13-10(14)8-5-3-2-4-6-8/h2-7,9H,1H3,(H,13,14)(H,15,16)(H,17,18)/t7?,9-/m0/s1. The Labute approximate surface area is 103 Å². The molecule has 0 radical (unpaired) electrons. The third-order valence-corrected chi connectivity index (χ3v) is 2.48. The molecule has 1 aromatic rings. The second-order valence-corrected chi connectivity index (χ2v) is 3.78. The van der Waals surface area contributed by atoms with Crippen LogP contribution in [-0.4, -0.2) is 34.1 Å². The topological polar surface area (TPSA) is 104 Å². The molecule has 0 heterocycles. The summed E-state index contributed by atoms with van der Waals surface area (Å²) in [4.78, 5) is 33.4. The largest absolute Gasteiger partial charge is 0.481 e. The number of carboxylic acids is 2. The van der Waals surface area contributed by atoms with Crippen LogP contribution in [0.3, 0.4) is 0 Å². The molecule has 0 aliphatic rings. The molecule has 0 aliphatic carbocycles. The van der Waals surface area contributed by atoms with Crippen molar-refractivity contribution in [1.82, 2.24) is 5.32 Å². The number of carbonyl (C=O) groups excluding carboxylic acids is 1. The minimum absolute atomic E-state index is 0.279.